The normalized spacial score (nSPS) is 15.7. The molecule has 1 aliphatic rings. The predicted molar refractivity (Wildman–Crippen MR) is 78.1 cm³/mol. The molecule has 0 aromatic carbocycles. The van der Waals surface area contributed by atoms with Gasteiger partial charge in [0, 0.05) is 31.6 Å². The Kier molecular flexibility index (Phi) is 3.46. The van der Waals surface area contributed by atoms with Crippen molar-refractivity contribution in [3.8, 4) is 0 Å². The van der Waals surface area contributed by atoms with E-state index in [1.165, 1.54) is 6.07 Å². The molecule has 0 bridgehead atoms. The summed E-state index contributed by atoms with van der Waals surface area (Å²) in [6, 6.07) is 1.36. The van der Waals surface area contributed by atoms with E-state index in [4.69, 9.17) is 20.4 Å². The molecule has 0 saturated carbocycles. The molecule has 2 aromatic heterocycles. The minimum Gasteiger partial charge on any atom is -0.414 e. The number of fused-ring (bicyclic) bond motifs is 1. The molecule has 1 aliphatic heterocycles. The van der Waals surface area contributed by atoms with Gasteiger partial charge < -0.3 is 18.6 Å². The number of rotatable bonds is 3. The van der Waals surface area contributed by atoms with Crippen molar-refractivity contribution in [1.82, 2.24) is 9.88 Å². The highest BCUT2D eigenvalue weighted by Crippen LogP contribution is 2.31. The summed E-state index contributed by atoms with van der Waals surface area (Å²) in [5.74, 6) is 0.951. The minimum absolute atomic E-state index is 0.130. The molecular formula is C13H14ClN3O4. The maximum atomic E-state index is 11.4. The second kappa shape index (κ2) is 5.16. The lowest BCUT2D eigenvalue weighted by atomic mass is 10.00. The van der Waals surface area contributed by atoms with Crippen molar-refractivity contribution in [3.05, 3.63) is 32.1 Å². The van der Waals surface area contributed by atoms with Crippen molar-refractivity contribution in [3.63, 3.8) is 0 Å². The quantitative estimate of drug-likeness (QED) is 0.612. The van der Waals surface area contributed by atoms with E-state index in [9.17, 15) is 9.59 Å². The van der Waals surface area contributed by atoms with Gasteiger partial charge in [-0.05, 0) is 14.1 Å². The van der Waals surface area contributed by atoms with Crippen LogP contribution in [-0.2, 0) is 0 Å². The van der Waals surface area contributed by atoms with Gasteiger partial charge in [0.2, 0.25) is 5.58 Å². The Bertz CT molecular complexity index is 792. The highest BCUT2D eigenvalue weighted by Gasteiger charge is 2.31. The van der Waals surface area contributed by atoms with Gasteiger partial charge >= 0.3 is 11.3 Å². The van der Waals surface area contributed by atoms with Crippen LogP contribution in [0.3, 0.4) is 0 Å². The summed E-state index contributed by atoms with van der Waals surface area (Å²) in [5, 5.41) is 0.186. The average molecular weight is 312 g/mol. The fraction of sp³-hybridized carbons (Fsp3) is 0.462. The molecule has 2 aromatic rings. The zero-order valence-electron chi connectivity index (χ0n) is 11.6. The van der Waals surface area contributed by atoms with Crippen LogP contribution in [0.1, 0.15) is 0 Å². The topological polar surface area (TPSA) is 79.8 Å². The molecule has 0 N–H and O–H groups in total. The van der Waals surface area contributed by atoms with Gasteiger partial charge in [0.1, 0.15) is 5.15 Å². The molecule has 8 heteroatoms. The van der Waals surface area contributed by atoms with Gasteiger partial charge in [-0.3, -0.25) is 0 Å². The van der Waals surface area contributed by atoms with Crippen LogP contribution in [-0.4, -0.2) is 43.6 Å². The number of anilines is 1. The molecule has 1 fully saturated rings. The Morgan fingerprint density at radius 3 is 2.67 bits per heavy atom. The van der Waals surface area contributed by atoms with Crippen LogP contribution >= 0.6 is 11.6 Å². The van der Waals surface area contributed by atoms with Gasteiger partial charge in [0.05, 0.1) is 0 Å². The fourth-order valence-corrected chi connectivity index (χ4v) is 2.68. The van der Waals surface area contributed by atoms with Crippen molar-refractivity contribution < 1.29 is 8.83 Å². The van der Waals surface area contributed by atoms with Gasteiger partial charge in [0.15, 0.2) is 11.4 Å². The molecule has 0 amide bonds. The van der Waals surface area contributed by atoms with Gasteiger partial charge in [-0.2, -0.15) is 0 Å². The largest absolute Gasteiger partial charge is 0.423 e. The number of aromatic nitrogens is 1. The van der Waals surface area contributed by atoms with Gasteiger partial charge in [-0.1, -0.05) is 11.6 Å². The molecule has 1 saturated heterocycles. The first-order valence-electron chi connectivity index (χ1n) is 6.48. The molecule has 7 nitrogen and oxygen atoms in total. The van der Waals surface area contributed by atoms with E-state index in [1.54, 1.807) is 0 Å². The van der Waals surface area contributed by atoms with Crippen LogP contribution < -0.4 is 16.2 Å². The van der Waals surface area contributed by atoms with E-state index in [-0.39, 0.29) is 16.3 Å². The fourth-order valence-electron chi connectivity index (χ4n) is 2.50. The Hall–Kier alpha value is -1.86. The van der Waals surface area contributed by atoms with Crippen LogP contribution in [0.15, 0.2) is 24.5 Å². The van der Waals surface area contributed by atoms with Crippen LogP contribution in [0.25, 0.3) is 11.2 Å². The third kappa shape index (κ3) is 2.66. The highest BCUT2D eigenvalue weighted by atomic mass is 35.5. The zero-order valence-corrected chi connectivity index (χ0v) is 12.4. The first-order valence-corrected chi connectivity index (χ1v) is 6.86. The molecule has 3 rings (SSSR count). The Morgan fingerprint density at radius 2 is 2.00 bits per heavy atom. The lowest BCUT2D eigenvalue weighted by molar-refractivity contribution is 0.282. The summed E-state index contributed by atoms with van der Waals surface area (Å²) in [7, 11) is 4.03. The minimum atomic E-state index is -1.05. The number of nitrogens with zero attached hydrogens (tertiary/aromatic N) is 3. The zero-order chi connectivity index (χ0) is 15.1. The average Bonchev–Trinajstić information content (AvgIpc) is 2.34. The Labute approximate surface area is 124 Å². The standard InChI is InChI=1S/C13H14ClN3O4/c1-16(2)4-7-5-17(6-7)11-10-8(3-9(14)15-11)20-12(18)13(19)21-10/h3,7H,4-6H2,1-2H3. The van der Waals surface area contributed by atoms with E-state index >= 15 is 0 Å². The van der Waals surface area contributed by atoms with Crippen molar-refractivity contribution in [2.75, 3.05) is 38.6 Å². The maximum absolute atomic E-state index is 11.4. The second-order valence-electron chi connectivity index (χ2n) is 5.41. The number of hydrogen-bond acceptors (Lipinski definition) is 7. The highest BCUT2D eigenvalue weighted by molar-refractivity contribution is 6.30. The summed E-state index contributed by atoms with van der Waals surface area (Å²) in [4.78, 5) is 30.8. The summed E-state index contributed by atoms with van der Waals surface area (Å²) in [6.45, 7) is 2.53. The van der Waals surface area contributed by atoms with Crippen molar-refractivity contribution >= 4 is 28.6 Å². The van der Waals surface area contributed by atoms with Crippen molar-refractivity contribution in [2.24, 2.45) is 5.92 Å². The molecule has 0 unspecified atom stereocenters. The van der Waals surface area contributed by atoms with E-state index < -0.39 is 11.3 Å². The number of pyridine rings is 1. The molecule has 0 atom stereocenters. The molecule has 0 spiro atoms. The van der Waals surface area contributed by atoms with E-state index in [0.29, 0.717) is 11.7 Å². The molecule has 0 aliphatic carbocycles. The summed E-state index contributed by atoms with van der Waals surface area (Å²) >= 11 is 5.93. The Balaban J connectivity index is 1.98. The molecular weight excluding hydrogens is 298 g/mol. The molecule has 21 heavy (non-hydrogen) atoms. The predicted octanol–water partition coefficient (Wildman–Crippen LogP) is 0.792. The molecule has 3 heterocycles. The van der Waals surface area contributed by atoms with E-state index in [0.717, 1.165) is 19.6 Å². The van der Waals surface area contributed by atoms with Crippen molar-refractivity contribution in [1.29, 1.82) is 0 Å². The van der Waals surface area contributed by atoms with Gasteiger partial charge in [-0.25, -0.2) is 14.6 Å². The van der Waals surface area contributed by atoms with E-state index in [1.807, 2.05) is 19.0 Å². The van der Waals surface area contributed by atoms with Crippen LogP contribution in [0.2, 0.25) is 5.15 Å². The Morgan fingerprint density at radius 1 is 1.33 bits per heavy atom. The lowest BCUT2D eigenvalue weighted by Gasteiger charge is -2.41. The first-order chi connectivity index (χ1) is 9.94. The third-order valence-corrected chi connectivity index (χ3v) is 3.53. The van der Waals surface area contributed by atoms with Crippen LogP contribution in [0, 0.1) is 5.92 Å². The lowest BCUT2D eigenvalue weighted by Crippen LogP contribution is -2.51. The molecule has 0 radical (unpaired) electrons. The van der Waals surface area contributed by atoms with Crippen LogP contribution in [0.5, 0.6) is 0 Å². The van der Waals surface area contributed by atoms with Gasteiger partial charge in [-0.15, -0.1) is 0 Å². The van der Waals surface area contributed by atoms with Crippen LogP contribution in [0.4, 0.5) is 5.82 Å². The maximum Gasteiger partial charge on any atom is 0.423 e. The number of hydrogen-bond donors (Lipinski definition) is 0. The monoisotopic (exact) mass is 311 g/mol. The second-order valence-corrected chi connectivity index (χ2v) is 5.80. The van der Waals surface area contributed by atoms with Crippen molar-refractivity contribution in [2.45, 2.75) is 0 Å². The number of halogens is 1. The SMILES string of the molecule is CN(C)CC1CN(c2nc(Cl)cc3oc(=O)c(=O)oc23)C1. The summed E-state index contributed by atoms with van der Waals surface area (Å²) < 4.78 is 9.92. The third-order valence-electron chi connectivity index (χ3n) is 3.33. The smallest absolute Gasteiger partial charge is 0.414 e. The first kappa shape index (κ1) is 14.1. The summed E-state index contributed by atoms with van der Waals surface area (Å²) in [6.07, 6.45) is 0. The summed E-state index contributed by atoms with van der Waals surface area (Å²) in [5.41, 5.74) is -1.80. The van der Waals surface area contributed by atoms with Gasteiger partial charge in [0.25, 0.3) is 0 Å². The van der Waals surface area contributed by atoms with E-state index in [2.05, 4.69) is 9.88 Å². The molecule has 112 valence electrons.